The third-order valence-corrected chi connectivity index (χ3v) is 2.47. The third-order valence-electron chi connectivity index (χ3n) is 2.47. The van der Waals surface area contributed by atoms with E-state index in [0.717, 1.165) is 24.3 Å². The van der Waals surface area contributed by atoms with Gasteiger partial charge in [0, 0.05) is 0 Å². The number of hydrogen-bond acceptors (Lipinski definition) is 3. The number of ether oxygens (including phenoxy) is 2. The van der Waals surface area contributed by atoms with Crippen LogP contribution in [0.5, 0.6) is 11.5 Å². The van der Waals surface area contributed by atoms with Gasteiger partial charge in [-0.1, -0.05) is 19.9 Å². The molecule has 0 fully saturated rings. The summed E-state index contributed by atoms with van der Waals surface area (Å²) in [7, 11) is 1.67. The first-order chi connectivity index (χ1) is 8.17. The summed E-state index contributed by atoms with van der Waals surface area (Å²) in [6.07, 6.45) is 1.98. The molecule has 0 saturated carbocycles. The monoisotopic (exact) mass is 237 g/mol. The van der Waals surface area contributed by atoms with E-state index in [2.05, 4.69) is 19.9 Å². The van der Waals surface area contributed by atoms with Crippen LogP contribution in [0.2, 0.25) is 0 Å². The van der Waals surface area contributed by atoms with E-state index < -0.39 is 0 Å². The average molecular weight is 237 g/mol. The van der Waals surface area contributed by atoms with Crippen LogP contribution in [0.4, 0.5) is 0 Å². The Morgan fingerprint density at radius 2 is 2.00 bits per heavy atom. The molecule has 0 saturated heterocycles. The average Bonchev–Trinajstić information content (AvgIpc) is 2.34. The van der Waals surface area contributed by atoms with Crippen LogP contribution in [0.3, 0.4) is 0 Å². The number of nitrogens with two attached hydrogens (primary N) is 1. The standard InChI is InChI=1S/C14H23NO2/c1-11(2)10-17-13-7-6-12(5-4-8-15)9-14(13)16-3/h6-7,9,11H,4-5,8,10,15H2,1-3H3. The second-order valence-corrected chi connectivity index (χ2v) is 4.58. The first-order valence-electron chi connectivity index (χ1n) is 6.17. The molecule has 0 aliphatic carbocycles. The first-order valence-corrected chi connectivity index (χ1v) is 6.17. The highest BCUT2D eigenvalue weighted by Crippen LogP contribution is 2.28. The SMILES string of the molecule is COc1cc(CCCN)ccc1OCC(C)C. The summed E-state index contributed by atoms with van der Waals surface area (Å²) in [5.41, 5.74) is 6.74. The van der Waals surface area contributed by atoms with E-state index in [-0.39, 0.29) is 0 Å². The molecule has 0 spiro atoms. The van der Waals surface area contributed by atoms with E-state index in [4.69, 9.17) is 15.2 Å². The lowest BCUT2D eigenvalue weighted by molar-refractivity contribution is 0.257. The summed E-state index contributed by atoms with van der Waals surface area (Å²) in [6.45, 7) is 5.68. The topological polar surface area (TPSA) is 44.5 Å². The molecular formula is C14H23NO2. The van der Waals surface area contributed by atoms with Crippen LogP contribution in [0.15, 0.2) is 18.2 Å². The van der Waals surface area contributed by atoms with Crippen LogP contribution < -0.4 is 15.2 Å². The van der Waals surface area contributed by atoms with Crippen LogP contribution in [0.25, 0.3) is 0 Å². The van der Waals surface area contributed by atoms with E-state index in [1.54, 1.807) is 7.11 Å². The molecule has 0 bridgehead atoms. The second kappa shape index (κ2) is 7.17. The van der Waals surface area contributed by atoms with Gasteiger partial charge in [-0.15, -0.1) is 0 Å². The predicted octanol–water partition coefficient (Wildman–Crippen LogP) is 2.62. The lowest BCUT2D eigenvalue weighted by Gasteiger charge is -2.13. The fourth-order valence-corrected chi connectivity index (χ4v) is 1.55. The summed E-state index contributed by atoms with van der Waals surface area (Å²) < 4.78 is 11.0. The highest BCUT2D eigenvalue weighted by molar-refractivity contribution is 5.43. The fraction of sp³-hybridized carbons (Fsp3) is 0.571. The zero-order valence-corrected chi connectivity index (χ0v) is 11.0. The lowest BCUT2D eigenvalue weighted by atomic mass is 10.1. The zero-order valence-electron chi connectivity index (χ0n) is 11.0. The summed E-state index contributed by atoms with van der Waals surface area (Å²) in [5.74, 6) is 2.13. The van der Waals surface area contributed by atoms with Gasteiger partial charge >= 0.3 is 0 Å². The van der Waals surface area contributed by atoms with Crippen molar-refractivity contribution in [1.82, 2.24) is 0 Å². The Kier molecular flexibility index (Phi) is 5.84. The molecule has 0 radical (unpaired) electrons. The molecule has 0 heterocycles. The number of methoxy groups -OCH3 is 1. The van der Waals surface area contributed by atoms with Crippen molar-refractivity contribution in [1.29, 1.82) is 0 Å². The summed E-state index contributed by atoms with van der Waals surface area (Å²) in [4.78, 5) is 0. The largest absolute Gasteiger partial charge is 0.493 e. The zero-order chi connectivity index (χ0) is 12.7. The van der Waals surface area contributed by atoms with E-state index in [9.17, 15) is 0 Å². The number of rotatable bonds is 7. The van der Waals surface area contributed by atoms with Gasteiger partial charge in [-0.3, -0.25) is 0 Å². The molecule has 1 aromatic carbocycles. The molecule has 0 aliphatic rings. The molecule has 1 aromatic rings. The fourth-order valence-electron chi connectivity index (χ4n) is 1.55. The van der Waals surface area contributed by atoms with Crippen molar-refractivity contribution < 1.29 is 9.47 Å². The van der Waals surface area contributed by atoms with E-state index in [1.807, 2.05) is 12.1 Å². The van der Waals surface area contributed by atoms with Crippen molar-refractivity contribution >= 4 is 0 Å². The summed E-state index contributed by atoms with van der Waals surface area (Å²) in [6, 6.07) is 6.09. The second-order valence-electron chi connectivity index (χ2n) is 4.58. The molecule has 3 heteroatoms. The van der Waals surface area contributed by atoms with Crippen molar-refractivity contribution in [2.75, 3.05) is 20.3 Å². The molecule has 1 rings (SSSR count). The van der Waals surface area contributed by atoms with Gasteiger partial charge in [0.05, 0.1) is 13.7 Å². The van der Waals surface area contributed by atoms with E-state index in [1.165, 1.54) is 5.56 Å². The Morgan fingerprint density at radius 3 is 2.59 bits per heavy atom. The van der Waals surface area contributed by atoms with Gasteiger partial charge in [0.15, 0.2) is 11.5 Å². The van der Waals surface area contributed by atoms with Crippen LogP contribution in [0.1, 0.15) is 25.8 Å². The molecule has 0 aliphatic heterocycles. The molecule has 0 amide bonds. The predicted molar refractivity (Wildman–Crippen MR) is 70.7 cm³/mol. The van der Waals surface area contributed by atoms with Gasteiger partial charge in [0.2, 0.25) is 0 Å². The normalized spacial score (nSPS) is 10.6. The molecular weight excluding hydrogens is 214 g/mol. The maximum Gasteiger partial charge on any atom is 0.161 e. The maximum absolute atomic E-state index is 5.70. The van der Waals surface area contributed by atoms with E-state index in [0.29, 0.717) is 19.1 Å². The Hall–Kier alpha value is -1.22. The summed E-state index contributed by atoms with van der Waals surface area (Å²) >= 11 is 0. The highest BCUT2D eigenvalue weighted by atomic mass is 16.5. The lowest BCUT2D eigenvalue weighted by Crippen LogP contribution is -2.06. The van der Waals surface area contributed by atoms with Crippen molar-refractivity contribution in [3.05, 3.63) is 23.8 Å². The van der Waals surface area contributed by atoms with Gasteiger partial charge in [0.1, 0.15) is 0 Å². The number of aryl methyl sites for hydroxylation is 1. The van der Waals surface area contributed by atoms with Crippen LogP contribution in [-0.2, 0) is 6.42 Å². The first kappa shape index (κ1) is 13.8. The van der Waals surface area contributed by atoms with Crippen molar-refractivity contribution in [2.45, 2.75) is 26.7 Å². The Balaban J connectivity index is 2.71. The number of benzene rings is 1. The van der Waals surface area contributed by atoms with Crippen LogP contribution in [0, 0.1) is 5.92 Å². The smallest absolute Gasteiger partial charge is 0.161 e. The Morgan fingerprint density at radius 1 is 1.24 bits per heavy atom. The minimum Gasteiger partial charge on any atom is -0.493 e. The molecule has 17 heavy (non-hydrogen) atoms. The Bertz CT molecular complexity index is 337. The third kappa shape index (κ3) is 4.65. The van der Waals surface area contributed by atoms with Gasteiger partial charge in [-0.25, -0.2) is 0 Å². The van der Waals surface area contributed by atoms with Crippen LogP contribution >= 0.6 is 0 Å². The maximum atomic E-state index is 5.70. The van der Waals surface area contributed by atoms with Gasteiger partial charge in [-0.2, -0.15) is 0 Å². The molecule has 3 nitrogen and oxygen atoms in total. The quantitative estimate of drug-likeness (QED) is 0.793. The minimum atomic E-state index is 0.511. The van der Waals surface area contributed by atoms with Gasteiger partial charge in [-0.05, 0) is 43.0 Å². The number of hydrogen-bond donors (Lipinski definition) is 1. The molecule has 96 valence electrons. The molecule has 0 unspecified atom stereocenters. The van der Waals surface area contributed by atoms with Crippen LogP contribution in [-0.4, -0.2) is 20.3 Å². The van der Waals surface area contributed by atoms with Crippen molar-refractivity contribution in [3.63, 3.8) is 0 Å². The highest BCUT2D eigenvalue weighted by Gasteiger charge is 2.06. The summed E-state index contributed by atoms with van der Waals surface area (Å²) in [5, 5.41) is 0. The molecule has 2 N–H and O–H groups in total. The minimum absolute atomic E-state index is 0.511. The van der Waals surface area contributed by atoms with Crippen molar-refractivity contribution in [2.24, 2.45) is 11.7 Å². The molecule has 0 aromatic heterocycles. The van der Waals surface area contributed by atoms with Gasteiger partial charge in [0.25, 0.3) is 0 Å². The van der Waals surface area contributed by atoms with E-state index >= 15 is 0 Å². The van der Waals surface area contributed by atoms with Crippen molar-refractivity contribution in [3.8, 4) is 11.5 Å². The molecule has 0 atom stereocenters. The Labute approximate surface area is 104 Å². The van der Waals surface area contributed by atoms with Gasteiger partial charge < -0.3 is 15.2 Å².